The SMILES string of the molecule is CCOCCn1c(CC)nc2ccc(Cl)cc21. The van der Waals surface area contributed by atoms with Gasteiger partial charge in [0.2, 0.25) is 0 Å². The van der Waals surface area contributed by atoms with Crippen LogP contribution in [-0.4, -0.2) is 22.8 Å². The second-order valence-electron chi connectivity index (χ2n) is 3.86. The average molecular weight is 253 g/mol. The summed E-state index contributed by atoms with van der Waals surface area (Å²) in [5, 5.41) is 0.748. The quantitative estimate of drug-likeness (QED) is 0.764. The van der Waals surface area contributed by atoms with E-state index in [0.717, 1.165) is 41.5 Å². The molecule has 4 heteroatoms. The zero-order chi connectivity index (χ0) is 12.3. The maximum atomic E-state index is 6.03. The van der Waals surface area contributed by atoms with Gasteiger partial charge in [-0.15, -0.1) is 0 Å². The first-order chi connectivity index (χ1) is 8.26. The smallest absolute Gasteiger partial charge is 0.109 e. The minimum Gasteiger partial charge on any atom is -0.380 e. The lowest BCUT2D eigenvalue weighted by Gasteiger charge is -2.08. The maximum Gasteiger partial charge on any atom is 0.109 e. The summed E-state index contributed by atoms with van der Waals surface area (Å²) in [4.78, 5) is 4.60. The molecule has 1 heterocycles. The van der Waals surface area contributed by atoms with E-state index in [0.29, 0.717) is 6.61 Å². The predicted molar refractivity (Wildman–Crippen MR) is 70.6 cm³/mol. The summed E-state index contributed by atoms with van der Waals surface area (Å²) >= 11 is 6.03. The molecule has 2 aromatic rings. The van der Waals surface area contributed by atoms with E-state index in [-0.39, 0.29) is 0 Å². The number of benzene rings is 1. The molecule has 0 saturated carbocycles. The number of nitrogens with zero attached hydrogens (tertiary/aromatic N) is 2. The van der Waals surface area contributed by atoms with Crippen molar-refractivity contribution < 1.29 is 4.74 Å². The van der Waals surface area contributed by atoms with E-state index in [1.54, 1.807) is 0 Å². The van der Waals surface area contributed by atoms with Gasteiger partial charge >= 0.3 is 0 Å². The molecule has 2 rings (SSSR count). The van der Waals surface area contributed by atoms with Gasteiger partial charge in [0.05, 0.1) is 17.6 Å². The second-order valence-corrected chi connectivity index (χ2v) is 4.30. The number of fused-ring (bicyclic) bond motifs is 1. The Bertz CT molecular complexity index is 507. The molecule has 0 saturated heterocycles. The van der Waals surface area contributed by atoms with Crippen LogP contribution >= 0.6 is 11.6 Å². The van der Waals surface area contributed by atoms with E-state index < -0.39 is 0 Å². The largest absolute Gasteiger partial charge is 0.380 e. The fourth-order valence-electron chi connectivity index (χ4n) is 1.97. The van der Waals surface area contributed by atoms with Crippen LogP contribution in [0.15, 0.2) is 18.2 Å². The third kappa shape index (κ3) is 2.61. The highest BCUT2D eigenvalue weighted by molar-refractivity contribution is 6.31. The molecule has 92 valence electrons. The van der Waals surface area contributed by atoms with Crippen LogP contribution in [0, 0.1) is 0 Å². The van der Waals surface area contributed by atoms with Crippen molar-refractivity contribution in [2.45, 2.75) is 26.8 Å². The van der Waals surface area contributed by atoms with Gasteiger partial charge in [0.25, 0.3) is 0 Å². The van der Waals surface area contributed by atoms with Crippen LogP contribution in [-0.2, 0) is 17.7 Å². The number of ether oxygens (including phenoxy) is 1. The van der Waals surface area contributed by atoms with Crippen molar-refractivity contribution in [3.05, 3.63) is 29.0 Å². The summed E-state index contributed by atoms with van der Waals surface area (Å²) < 4.78 is 7.60. The van der Waals surface area contributed by atoms with Crippen LogP contribution in [0.25, 0.3) is 11.0 Å². The molecule has 0 atom stereocenters. The molecule has 0 aliphatic heterocycles. The van der Waals surface area contributed by atoms with Crippen LogP contribution in [0.5, 0.6) is 0 Å². The number of hydrogen-bond acceptors (Lipinski definition) is 2. The van der Waals surface area contributed by atoms with E-state index in [2.05, 4.69) is 16.5 Å². The fraction of sp³-hybridized carbons (Fsp3) is 0.462. The second kappa shape index (κ2) is 5.52. The van der Waals surface area contributed by atoms with Crippen LogP contribution in [0.2, 0.25) is 5.02 Å². The molecule has 0 bridgehead atoms. The molecule has 0 radical (unpaired) electrons. The number of hydrogen-bond donors (Lipinski definition) is 0. The van der Waals surface area contributed by atoms with Crippen LogP contribution < -0.4 is 0 Å². The van der Waals surface area contributed by atoms with Gasteiger partial charge in [0.15, 0.2) is 0 Å². The summed E-state index contributed by atoms with van der Waals surface area (Å²) in [7, 11) is 0. The Hall–Kier alpha value is -1.06. The Balaban J connectivity index is 2.38. The number of halogens is 1. The molecule has 0 fully saturated rings. The molecule has 17 heavy (non-hydrogen) atoms. The first-order valence-corrected chi connectivity index (χ1v) is 6.36. The Labute approximate surface area is 106 Å². The molecule has 0 aliphatic rings. The van der Waals surface area contributed by atoms with Crippen LogP contribution in [0.1, 0.15) is 19.7 Å². The van der Waals surface area contributed by atoms with Crippen molar-refractivity contribution in [3.63, 3.8) is 0 Å². The summed E-state index contributed by atoms with van der Waals surface area (Å²) in [6.07, 6.45) is 0.915. The van der Waals surface area contributed by atoms with Gasteiger partial charge in [-0.25, -0.2) is 4.98 Å². The Kier molecular flexibility index (Phi) is 4.02. The summed E-state index contributed by atoms with van der Waals surface area (Å²) in [5.74, 6) is 1.09. The van der Waals surface area contributed by atoms with Crippen molar-refractivity contribution >= 4 is 22.6 Å². The predicted octanol–water partition coefficient (Wildman–Crippen LogP) is 3.29. The highest BCUT2D eigenvalue weighted by Gasteiger charge is 2.09. The number of imidazole rings is 1. The highest BCUT2D eigenvalue weighted by atomic mass is 35.5. The molecule has 0 unspecified atom stereocenters. The normalized spacial score (nSPS) is 11.2. The Morgan fingerprint density at radius 1 is 1.35 bits per heavy atom. The Morgan fingerprint density at radius 2 is 2.18 bits per heavy atom. The van der Waals surface area contributed by atoms with Gasteiger partial charge in [0.1, 0.15) is 5.82 Å². The number of aromatic nitrogens is 2. The number of aryl methyl sites for hydroxylation is 1. The summed E-state index contributed by atoms with van der Waals surface area (Å²) in [6.45, 7) is 6.40. The zero-order valence-corrected chi connectivity index (χ0v) is 11.0. The van der Waals surface area contributed by atoms with Crippen molar-refractivity contribution in [1.29, 1.82) is 0 Å². The van der Waals surface area contributed by atoms with Crippen molar-refractivity contribution in [2.24, 2.45) is 0 Å². The van der Waals surface area contributed by atoms with Crippen LogP contribution in [0.3, 0.4) is 0 Å². The van der Waals surface area contributed by atoms with Crippen molar-refractivity contribution in [3.8, 4) is 0 Å². The topological polar surface area (TPSA) is 27.1 Å². The zero-order valence-electron chi connectivity index (χ0n) is 10.2. The van der Waals surface area contributed by atoms with E-state index in [1.165, 1.54) is 0 Å². The summed E-state index contributed by atoms with van der Waals surface area (Å²) in [6, 6.07) is 5.81. The third-order valence-corrected chi connectivity index (χ3v) is 3.00. The summed E-state index contributed by atoms with van der Waals surface area (Å²) in [5.41, 5.74) is 2.09. The molecule has 1 aromatic heterocycles. The molecule has 0 spiro atoms. The minimum atomic E-state index is 0.710. The molecule has 0 amide bonds. The van der Waals surface area contributed by atoms with Crippen molar-refractivity contribution in [2.75, 3.05) is 13.2 Å². The molecule has 0 N–H and O–H groups in total. The van der Waals surface area contributed by atoms with Gasteiger partial charge in [-0.1, -0.05) is 18.5 Å². The first kappa shape index (κ1) is 12.4. The van der Waals surface area contributed by atoms with E-state index in [4.69, 9.17) is 16.3 Å². The Morgan fingerprint density at radius 3 is 2.88 bits per heavy atom. The maximum absolute atomic E-state index is 6.03. The monoisotopic (exact) mass is 252 g/mol. The minimum absolute atomic E-state index is 0.710. The molecule has 1 aromatic carbocycles. The molecule has 3 nitrogen and oxygen atoms in total. The van der Waals surface area contributed by atoms with E-state index in [1.807, 2.05) is 25.1 Å². The highest BCUT2D eigenvalue weighted by Crippen LogP contribution is 2.21. The molecule has 0 aliphatic carbocycles. The lowest BCUT2D eigenvalue weighted by molar-refractivity contribution is 0.139. The average Bonchev–Trinajstić information content (AvgIpc) is 2.67. The van der Waals surface area contributed by atoms with Crippen LogP contribution in [0.4, 0.5) is 0 Å². The van der Waals surface area contributed by atoms with Gasteiger partial charge in [-0.05, 0) is 25.1 Å². The van der Waals surface area contributed by atoms with Gasteiger partial charge in [-0.3, -0.25) is 0 Å². The van der Waals surface area contributed by atoms with Crippen molar-refractivity contribution in [1.82, 2.24) is 9.55 Å². The fourth-order valence-corrected chi connectivity index (χ4v) is 2.13. The van der Waals surface area contributed by atoms with E-state index in [9.17, 15) is 0 Å². The van der Waals surface area contributed by atoms with Gasteiger partial charge < -0.3 is 9.30 Å². The van der Waals surface area contributed by atoms with E-state index >= 15 is 0 Å². The van der Waals surface area contributed by atoms with Gasteiger partial charge in [0, 0.05) is 24.6 Å². The standard InChI is InChI=1S/C13H17ClN2O/c1-3-13-15-11-6-5-10(14)9-12(11)16(13)7-8-17-4-2/h5-6,9H,3-4,7-8H2,1-2H3. The van der Waals surface area contributed by atoms with Gasteiger partial charge in [-0.2, -0.15) is 0 Å². The first-order valence-electron chi connectivity index (χ1n) is 5.98. The lowest BCUT2D eigenvalue weighted by atomic mass is 10.3. The lowest BCUT2D eigenvalue weighted by Crippen LogP contribution is -2.08. The third-order valence-electron chi connectivity index (χ3n) is 2.77. The number of rotatable bonds is 5. The molecular weight excluding hydrogens is 236 g/mol. The molecular formula is C13H17ClN2O.